The molecule has 2 aliphatic rings. The number of aromatic nitrogens is 2. The van der Waals surface area contributed by atoms with Gasteiger partial charge in [0, 0.05) is 38.3 Å². The van der Waals surface area contributed by atoms with Crippen molar-refractivity contribution in [3.8, 4) is 5.75 Å². The molecule has 0 spiro atoms. The van der Waals surface area contributed by atoms with Crippen LogP contribution in [0.1, 0.15) is 42.2 Å². The number of likely N-dealkylation sites (tertiary alicyclic amines) is 1. The second-order valence-electron chi connectivity index (χ2n) is 8.54. The van der Waals surface area contributed by atoms with E-state index in [-0.39, 0.29) is 5.69 Å². The first kappa shape index (κ1) is 21.5. The summed E-state index contributed by atoms with van der Waals surface area (Å²) in [6, 6.07) is 8.64. The van der Waals surface area contributed by atoms with E-state index in [4.69, 9.17) is 5.73 Å². The minimum atomic E-state index is -0.549. The Labute approximate surface area is 183 Å². The van der Waals surface area contributed by atoms with Crippen molar-refractivity contribution in [1.29, 1.82) is 0 Å². The third-order valence-electron chi connectivity index (χ3n) is 6.58. The molecule has 8 nitrogen and oxygen atoms in total. The van der Waals surface area contributed by atoms with E-state index in [1.807, 2.05) is 12.1 Å². The molecule has 1 atom stereocenters. The molecule has 2 aromatic rings. The van der Waals surface area contributed by atoms with Crippen LogP contribution >= 0.6 is 0 Å². The van der Waals surface area contributed by atoms with Crippen molar-refractivity contribution in [2.24, 2.45) is 5.73 Å². The molecule has 8 heteroatoms. The monoisotopic (exact) mass is 424 g/mol. The Bertz CT molecular complexity index is 865. The third-order valence-corrected chi connectivity index (χ3v) is 6.58. The Hall–Kier alpha value is -2.71. The van der Waals surface area contributed by atoms with Gasteiger partial charge in [-0.25, -0.2) is 9.97 Å². The smallest absolute Gasteiger partial charge is 0.268 e. The van der Waals surface area contributed by atoms with Crippen molar-refractivity contribution in [1.82, 2.24) is 19.8 Å². The van der Waals surface area contributed by atoms with Gasteiger partial charge in [0.1, 0.15) is 17.3 Å². The minimum absolute atomic E-state index is 0.202. The van der Waals surface area contributed by atoms with E-state index in [1.54, 1.807) is 18.3 Å². The molecule has 166 valence electrons. The Morgan fingerprint density at radius 3 is 2.45 bits per heavy atom. The molecule has 0 saturated carbocycles. The molecule has 2 fully saturated rings. The van der Waals surface area contributed by atoms with E-state index in [2.05, 4.69) is 31.6 Å². The molecule has 2 aliphatic heterocycles. The molecule has 4 rings (SSSR count). The van der Waals surface area contributed by atoms with E-state index in [0.717, 1.165) is 51.5 Å². The maximum absolute atomic E-state index is 11.2. The molecule has 1 aromatic carbocycles. The quantitative estimate of drug-likeness (QED) is 0.730. The average molecular weight is 425 g/mol. The first-order valence-electron chi connectivity index (χ1n) is 11.2. The van der Waals surface area contributed by atoms with Crippen LogP contribution in [0.15, 0.2) is 36.7 Å². The van der Waals surface area contributed by atoms with Gasteiger partial charge in [-0.1, -0.05) is 19.1 Å². The lowest BCUT2D eigenvalue weighted by Gasteiger charge is -2.47. The number of aromatic hydroxyl groups is 1. The number of piperidine rings is 1. The van der Waals surface area contributed by atoms with Crippen LogP contribution in [0.2, 0.25) is 0 Å². The summed E-state index contributed by atoms with van der Waals surface area (Å²) >= 11 is 0. The van der Waals surface area contributed by atoms with Crippen LogP contribution < -0.4 is 10.6 Å². The SMILES string of the molecule is CCC1CN(c2cnc(C(N)=O)cn2)CCN1C1CCN(Cc2ccc(O)cc2)CC1. The maximum Gasteiger partial charge on any atom is 0.268 e. The van der Waals surface area contributed by atoms with E-state index in [0.29, 0.717) is 17.8 Å². The van der Waals surface area contributed by atoms with Crippen molar-refractivity contribution < 1.29 is 9.90 Å². The topological polar surface area (TPSA) is 98.8 Å². The van der Waals surface area contributed by atoms with Crippen molar-refractivity contribution in [3.05, 3.63) is 47.9 Å². The number of amides is 1. The van der Waals surface area contributed by atoms with Crippen LogP contribution in [0.5, 0.6) is 5.75 Å². The normalized spacial score (nSPS) is 21.3. The van der Waals surface area contributed by atoms with Gasteiger partial charge in [0.15, 0.2) is 0 Å². The molecule has 31 heavy (non-hydrogen) atoms. The van der Waals surface area contributed by atoms with Gasteiger partial charge in [-0.15, -0.1) is 0 Å². The molecule has 1 unspecified atom stereocenters. The standard InChI is InChI=1S/C23H32N6O2/c1-2-18-16-28(22-14-25-21(13-26-22)23(24)31)11-12-29(18)19-7-9-27(10-8-19)15-17-3-5-20(30)6-4-17/h3-6,13-14,18-19,30H,2,7-12,15-16H2,1H3,(H2,24,31). The Kier molecular flexibility index (Phi) is 6.67. The van der Waals surface area contributed by atoms with E-state index < -0.39 is 5.91 Å². The van der Waals surface area contributed by atoms with Crippen LogP contribution in [-0.2, 0) is 6.54 Å². The Morgan fingerprint density at radius 2 is 1.84 bits per heavy atom. The maximum atomic E-state index is 11.2. The van der Waals surface area contributed by atoms with Gasteiger partial charge in [-0.05, 0) is 50.0 Å². The van der Waals surface area contributed by atoms with Gasteiger partial charge in [0.25, 0.3) is 5.91 Å². The lowest BCUT2D eigenvalue weighted by atomic mass is 9.98. The van der Waals surface area contributed by atoms with Crippen LogP contribution in [0.25, 0.3) is 0 Å². The summed E-state index contributed by atoms with van der Waals surface area (Å²) in [5, 5.41) is 9.47. The van der Waals surface area contributed by atoms with Gasteiger partial charge in [0.2, 0.25) is 0 Å². The number of hydrogen-bond acceptors (Lipinski definition) is 7. The zero-order chi connectivity index (χ0) is 21.8. The Morgan fingerprint density at radius 1 is 1.10 bits per heavy atom. The highest BCUT2D eigenvalue weighted by Gasteiger charge is 2.33. The van der Waals surface area contributed by atoms with Crippen molar-refractivity contribution in [2.45, 2.75) is 44.8 Å². The lowest BCUT2D eigenvalue weighted by Crippen LogP contribution is -2.58. The number of phenolic OH excluding ortho intramolecular Hbond substituents is 1. The number of carbonyl (C=O) groups excluding carboxylic acids is 1. The van der Waals surface area contributed by atoms with E-state index in [1.165, 1.54) is 24.6 Å². The summed E-state index contributed by atoms with van der Waals surface area (Å²) < 4.78 is 0. The van der Waals surface area contributed by atoms with Gasteiger partial charge in [-0.3, -0.25) is 14.6 Å². The fourth-order valence-electron chi connectivity index (χ4n) is 4.80. The molecule has 2 saturated heterocycles. The summed E-state index contributed by atoms with van der Waals surface area (Å²) in [4.78, 5) is 27.3. The molecule has 0 aliphatic carbocycles. The zero-order valence-electron chi connectivity index (χ0n) is 18.2. The van der Waals surface area contributed by atoms with Gasteiger partial charge in [-0.2, -0.15) is 0 Å². The first-order chi connectivity index (χ1) is 15.0. The fraction of sp³-hybridized carbons (Fsp3) is 0.522. The highest BCUT2D eigenvalue weighted by Crippen LogP contribution is 2.26. The Balaban J connectivity index is 1.31. The number of phenols is 1. The van der Waals surface area contributed by atoms with Crippen molar-refractivity contribution in [3.63, 3.8) is 0 Å². The number of benzene rings is 1. The highest BCUT2D eigenvalue weighted by atomic mass is 16.3. The zero-order valence-corrected chi connectivity index (χ0v) is 18.2. The molecule has 1 amide bonds. The average Bonchev–Trinajstić information content (AvgIpc) is 2.81. The predicted octanol–water partition coefficient (Wildman–Crippen LogP) is 1.85. The summed E-state index contributed by atoms with van der Waals surface area (Å²) in [6.45, 7) is 8.25. The molecule has 3 N–H and O–H groups in total. The molecule has 0 bridgehead atoms. The summed E-state index contributed by atoms with van der Waals surface area (Å²) in [5.41, 5.74) is 6.72. The van der Waals surface area contributed by atoms with E-state index in [9.17, 15) is 9.90 Å². The molecule has 1 aromatic heterocycles. The second-order valence-corrected chi connectivity index (χ2v) is 8.54. The number of primary amides is 1. The minimum Gasteiger partial charge on any atom is -0.508 e. The summed E-state index contributed by atoms with van der Waals surface area (Å²) in [5.74, 6) is 0.584. The van der Waals surface area contributed by atoms with Crippen LogP contribution in [-0.4, -0.2) is 75.6 Å². The molecular formula is C23H32N6O2. The number of carbonyl (C=O) groups is 1. The number of hydrogen-bond donors (Lipinski definition) is 2. The van der Waals surface area contributed by atoms with Gasteiger partial charge < -0.3 is 15.7 Å². The van der Waals surface area contributed by atoms with E-state index >= 15 is 0 Å². The lowest BCUT2D eigenvalue weighted by molar-refractivity contribution is 0.0610. The molecule has 3 heterocycles. The number of anilines is 1. The predicted molar refractivity (Wildman–Crippen MR) is 120 cm³/mol. The van der Waals surface area contributed by atoms with Crippen LogP contribution in [0.4, 0.5) is 5.82 Å². The highest BCUT2D eigenvalue weighted by molar-refractivity contribution is 5.90. The summed E-state index contributed by atoms with van der Waals surface area (Å²) in [6.07, 6.45) is 6.58. The third kappa shape index (κ3) is 5.14. The number of nitrogens with two attached hydrogens (primary N) is 1. The van der Waals surface area contributed by atoms with Crippen molar-refractivity contribution in [2.75, 3.05) is 37.6 Å². The first-order valence-corrected chi connectivity index (χ1v) is 11.2. The largest absolute Gasteiger partial charge is 0.508 e. The van der Waals surface area contributed by atoms with Crippen LogP contribution in [0, 0.1) is 0 Å². The van der Waals surface area contributed by atoms with Crippen LogP contribution in [0.3, 0.4) is 0 Å². The van der Waals surface area contributed by atoms with Gasteiger partial charge >= 0.3 is 0 Å². The number of nitrogens with zero attached hydrogens (tertiary/aromatic N) is 5. The van der Waals surface area contributed by atoms with Crippen molar-refractivity contribution >= 4 is 11.7 Å². The number of rotatable bonds is 6. The number of piperazine rings is 1. The van der Waals surface area contributed by atoms with Gasteiger partial charge in [0.05, 0.1) is 12.4 Å². The second kappa shape index (κ2) is 9.62. The summed E-state index contributed by atoms with van der Waals surface area (Å²) in [7, 11) is 0. The molecular weight excluding hydrogens is 392 g/mol. The fourth-order valence-corrected chi connectivity index (χ4v) is 4.80. The molecule has 0 radical (unpaired) electrons.